The second-order valence-electron chi connectivity index (χ2n) is 3.87. The number of rotatable bonds is 2. The van der Waals surface area contributed by atoms with Gasteiger partial charge in [0.2, 0.25) is 0 Å². The molecule has 5 nitrogen and oxygen atoms in total. The van der Waals surface area contributed by atoms with Gasteiger partial charge in [0, 0.05) is 0 Å². The first-order valence-corrected chi connectivity index (χ1v) is 6.56. The van der Waals surface area contributed by atoms with Crippen LogP contribution in [0.5, 0.6) is 0 Å². The van der Waals surface area contributed by atoms with Gasteiger partial charge in [-0.3, -0.25) is 9.59 Å². The molecule has 0 aliphatic carbocycles. The Kier molecular flexibility index (Phi) is 3.29. The van der Waals surface area contributed by atoms with Crippen molar-refractivity contribution in [1.82, 2.24) is 0 Å². The fourth-order valence-corrected chi connectivity index (χ4v) is 3.89. The van der Waals surface area contributed by atoms with Crippen molar-refractivity contribution in [2.45, 2.75) is 21.9 Å². The molecule has 2 fully saturated rings. The lowest BCUT2D eigenvalue weighted by Gasteiger charge is -2.28. The Morgan fingerprint density at radius 3 is 2.12 bits per heavy atom. The Labute approximate surface area is 109 Å². The van der Waals surface area contributed by atoms with E-state index in [1.54, 1.807) is 0 Å². The first-order valence-electron chi connectivity index (χ1n) is 4.73. The van der Waals surface area contributed by atoms with Gasteiger partial charge in [0.25, 0.3) is 0 Å². The quantitative estimate of drug-likeness (QED) is 0.584. The Hall–Kier alpha value is -0.140. The lowest BCUT2D eigenvalue weighted by atomic mass is 9.79. The summed E-state index contributed by atoms with van der Waals surface area (Å²) in [5.74, 6) is -3.11. The molecular weight excluding hydrogens is 348 g/mol. The number of alkyl halides is 2. The molecule has 6 atom stereocenters. The Bertz CT molecular complexity index is 334. The molecule has 16 heavy (non-hydrogen) atoms. The van der Waals surface area contributed by atoms with E-state index in [4.69, 9.17) is 9.84 Å². The lowest BCUT2D eigenvalue weighted by Crippen LogP contribution is -2.47. The first-order chi connectivity index (χ1) is 7.49. The third kappa shape index (κ3) is 1.60. The molecule has 0 saturated carbocycles. The molecule has 2 aliphatic rings. The van der Waals surface area contributed by atoms with Crippen LogP contribution < -0.4 is 0 Å². The van der Waals surface area contributed by atoms with Gasteiger partial charge in [-0.25, -0.2) is 0 Å². The van der Waals surface area contributed by atoms with E-state index < -0.39 is 36.0 Å². The average molecular weight is 358 g/mol. The predicted octanol–water partition coefficient (Wildman–Crippen LogP) is 0.784. The number of carbonyl (C=O) groups excluding carboxylic acids is 1. The van der Waals surface area contributed by atoms with Crippen molar-refractivity contribution < 1.29 is 24.2 Å². The van der Waals surface area contributed by atoms with E-state index in [-0.39, 0.29) is 9.65 Å². The molecule has 0 aromatic rings. The number of methoxy groups -OCH3 is 1. The highest BCUT2D eigenvalue weighted by molar-refractivity contribution is 9.12. The van der Waals surface area contributed by atoms with Gasteiger partial charge in [0.05, 0.1) is 40.8 Å². The van der Waals surface area contributed by atoms with Crippen molar-refractivity contribution in [3.63, 3.8) is 0 Å². The maximum Gasteiger partial charge on any atom is 0.312 e. The van der Waals surface area contributed by atoms with Crippen LogP contribution >= 0.6 is 31.9 Å². The number of fused-ring (bicyclic) bond motifs is 2. The average Bonchev–Trinajstić information content (AvgIpc) is 2.76. The Balaban J connectivity index is 2.30. The number of halogens is 2. The minimum atomic E-state index is -1.02. The molecule has 0 radical (unpaired) electrons. The van der Waals surface area contributed by atoms with Crippen LogP contribution in [0.1, 0.15) is 0 Å². The van der Waals surface area contributed by atoms with Gasteiger partial charge in [-0.1, -0.05) is 31.9 Å². The van der Waals surface area contributed by atoms with E-state index in [2.05, 4.69) is 36.6 Å². The standard InChI is InChI=1S/C9H10Br2O5/c1-15-9(14)3-2(8(12)13)6-4(10)5(11)7(3)16-6/h2-7H,1H3,(H,12,13)/t2-,3+,4+,5-,6+,7+/m0/s1. The normalized spacial score (nSPS) is 45.7. The zero-order chi connectivity index (χ0) is 12.0. The van der Waals surface area contributed by atoms with Gasteiger partial charge in [0.15, 0.2) is 0 Å². The number of hydrogen-bond acceptors (Lipinski definition) is 4. The fraction of sp³-hybridized carbons (Fsp3) is 0.778. The van der Waals surface area contributed by atoms with Crippen LogP contribution in [-0.2, 0) is 19.1 Å². The van der Waals surface area contributed by atoms with E-state index in [9.17, 15) is 9.59 Å². The molecule has 2 heterocycles. The highest BCUT2D eigenvalue weighted by Crippen LogP contribution is 2.49. The number of esters is 1. The van der Waals surface area contributed by atoms with Crippen LogP contribution in [0.2, 0.25) is 0 Å². The number of carboxylic acid groups (broad SMARTS) is 1. The van der Waals surface area contributed by atoms with Crippen LogP contribution in [0.25, 0.3) is 0 Å². The molecule has 1 N–H and O–H groups in total. The van der Waals surface area contributed by atoms with E-state index >= 15 is 0 Å². The van der Waals surface area contributed by atoms with Crippen molar-refractivity contribution in [3.05, 3.63) is 0 Å². The first kappa shape index (κ1) is 12.3. The van der Waals surface area contributed by atoms with Crippen LogP contribution in [0.15, 0.2) is 0 Å². The van der Waals surface area contributed by atoms with Gasteiger partial charge in [-0.15, -0.1) is 0 Å². The van der Waals surface area contributed by atoms with Gasteiger partial charge < -0.3 is 14.6 Å². The minimum absolute atomic E-state index is 0.0720. The van der Waals surface area contributed by atoms with Crippen molar-refractivity contribution in [2.24, 2.45) is 11.8 Å². The summed E-state index contributed by atoms with van der Waals surface area (Å²) < 4.78 is 10.2. The van der Waals surface area contributed by atoms with Crippen LogP contribution in [0.4, 0.5) is 0 Å². The Morgan fingerprint density at radius 1 is 1.19 bits per heavy atom. The highest BCUT2D eigenvalue weighted by atomic mass is 79.9. The maximum absolute atomic E-state index is 11.6. The molecule has 0 aromatic carbocycles. The lowest BCUT2D eigenvalue weighted by molar-refractivity contribution is -0.155. The molecule has 7 heteroatoms. The van der Waals surface area contributed by atoms with Crippen molar-refractivity contribution in [3.8, 4) is 0 Å². The summed E-state index contributed by atoms with van der Waals surface area (Å²) in [7, 11) is 1.25. The molecule has 2 bridgehead atoms. The molecule has 2 aliphatic heterocycles. The van der Waals surface area contributed by atoms with Crippen LogP contribution in [-0.4, -0.2) is 46.0 Å². The number of carboxylic acids is 1. The van der Waals surface area contributed by atoms with E-state index in [0.29, 0.717) is 0 Å². The third-order valence-corrected chi connectivity index (χ3v) is 5.99. The van der Waals surface area contributed by atoms with Gasteiger partial charge >= 0.3 is 11.9 Å². The fourth-order valence-electron chi connectivity index (χ4n) is 2.38. The summed E-state index contributed by atoms with van der Waals surface area (Å²) in [5.41, 5.74) is 0. The predicted molar refractivity (Wildman–Crippen MR) is 60.7 cm³/mol. The van der Waals surface area contributed by atoms with Crippen molar-refractivity contribution in [2.75, 3.05) is 7.11 Å². The van der Waals surface area contributed by atoms with E-state index in [1.165, 1.54) is 7.11 Å². The highest BCUT2D eigenvalue weighted by Gasteiger charge is 2.63. The minimum Gasteiger partial charge on any atom is -0.481 e. The van der Waals surface area contributed by atoms with Crippen LogP contribution in [0, 0.1) is 11.8 Å². The molecule has 0 unspecified atom stereocenters. The smallest absolute Gasteiger partial charge is 0.312 e. The molecule has 0 aromatic heterocycles. The monoisotopic (exact) mass is 356 g/mol. The molecule has 0 spiro atoms. The van der Waals surface area contributed by atoms with E-state index in [0.717, 1.165) is 0 Å². The number of carbonyl (C=O) groups is 2. The second kappa shape index (κ2) is 4.27. The number of ether oxygens (including phenoxy) is 2. The molecule has 2 saturated heterocycles. The summed E-state index contributed by atoms with van der Waals surface area (Å²) in [6.07, 6.45) is -0.932. The summed E-state index contributed by atoms with van der Waals surface area (Å²) >= 11 is 6.78. The number of hydrogen-bond donors (Lipinski definition) is 1. The summed E-state index contributed by atoms with van der Waals surface area (Å²) in [4.78, 5) is 22.6. The summed E-state index contributed by atoms with van der Waals surface area (Å²) in [6, 6.07) is 0. The van der Waals surface area contributed by atoms with Crippen LogP contribution in [0.3, 0.4) is 0 Å². The summed E-state index contributed by atoms with van der Waals surface area (Å²) in [6.45, 7) is 0. The zero-order valence-corrected chi connectivity index (χ0v) is 11.5. The zero-order valence-electron chi connectivity index (χ0n) is 8.30. The molecular formula is C9H10Br2O5. The third-order valence-electron chi connectivity index (χ3n) is 3.10. The van der Waals surface area contributed by atoms with Gasteiger partial charge in [0.1, 0.15) is 0 Å². The van der Waals surface area contributed by atoms with Gasteiger partial charge in [-0.05, 0) is 0 Å². The summed E-state index contributed by atoms with van der Waals surface area (Å²) in [5, 5.41) is 9.13. The largest absolute Gasteiger partial charge is 0.481 e. The van der Waals surface area contributed by atoms with Crippen molar-refractivity contribution >= 4 is 43.8 Å². The molecule has 2 rings (SSSR count). The number of aliphatic carboxylic acids is 1. The topological polar surface area (TPSA) is 72.8 Å². The van der Waals surface area contributed by atoms with Crippen molar-refractivity contribution in [1.29, 1.82) is 0 Å². The SMILES string of the molecule is COC(=O)[C@H]1[C@H]2O[C@@H]([C@H](Br)[C@@H]2Br)[C@H]1C(=O)O. The van der Waals surface area contributed by atoms with Gasteiger partial charge in [-0.2, -0.15) is 0 Å². The second-order valence-corrected chi connectivity index (χ2v) is 5.98. The van der Waals surface area contributed by atoms with E-state index in [1.807, 2.05) is 0 Å². The maximum atomic E-state index is 11.6. The molecule has 0 amide bonds. The Morgan fingerprint density at radius 2 is 1.69 bits per heavy atom. The molecule has 90 valence electrons.